The summed E-state index contributed by atoms with van der Waals surface area (Å²) in [6, 6.07) is 15.5. The lowest BCUT2D eigenvalue weighted by Gasteiger charge is -1.99. The minimum atomic E-state index is -0.271. The lowest BCUT2D eigenvalue weighted by molar-refractivity contribution is 0.414. The first-order chi connectivity index (χ1) is 9.76. The molecule has 2 aromatic carbocycles. The number of hydrogen-bond donors (Lipinski definition) is 0. The molecule has 0 bridgehead atoms. The van der Waals surface area contributed by atoms with Gasteiger partial charge in [-0.2, -0.15) is 0 Å². The standard InChI is InChI=1S/C16H12FNO2/c1-19-14-8-4-12(5-9-14)16-10-15(18-20-16)11-2-6-13(17)7-3-11/h2-10H,1H3. The van der Waals surface area contributed by atoms with Gasteiger partial charge in [-0.15, -0.1) is 0 Å². The Morgan fingerprint density at radius 1 is 0.950 bits per heavy atom. The molecule has 100 valence electrons. The van der Waals surface area contributed by atoms with Gasteiger partial charge in [0.05, 0.1) is 7.11 Å². The lowest BCUT2D eigenvalue weighted by atomic mass is 10.1. The number of nitrogens with zero attached hydrogens (tertiary/aromatic N) is 1. The first kappa shape index (κ1) is 12.4. The van der Waals surface area contributed by atoms with Crippen molar-refractivity contribution in [2.45, 2.75) is 0 Å². The average Bonchev–Trinajstić information content (AvgIpc) is 2.98. The van der Waals surface area contributed by atoms with E-state index in [1.807, 2.05) is 30.3 Å². The maximum absolute atomic E-state index is 12.9. The second-order valence-corrected chi connectivity index (χ2v) is 4.31. The van der Waals surface area contributed by atoms with Gasteiger partial charge >= 0.3 is 0 Å². The molecule has 0 aliphatic rings. The van der Waals surface area contributed by atoms with Gasteiger partial charge in [-0.05, 0) is 48.5 Å². The summed E-state index contributed by atoms with van der Waals surface area (Å²) in [5.74, 6) is 1.17. The van der Waals surface area contributed by atoms with E-state index in [0.29, 0.717) is 11.5 Å². The minimum Gasteiger partial charge on any atom is -0.497 e. The molecule has 0 atom stereocenters. The zero-order chi connectivity index (χ0) is 13.9. The zero-order valence-electron chi connectivity index (χ0n) is 10.8. The van der Waals surface area contributed by atoms with Crippen LogP contribution in [0.2, 0.25) is 0 Å². The topological polar surface area (TPSA) is 35.3 Å². The molecule has 3 aromatic rings. The number of halogens is 1. The Labute approximate surface area is 115 Å². The Balaban J connectivity index is 1.91. The van der Waals surface area contributed by atoms with Crippen molar-refractivity contribution in [3.05, 3.63) is 60.4 Å². The fourth-order valence-corrected chi connectivity index (χ4v) is 1.92. The van der Waals surface area contributed by atoms with Crippen molar-refractivity contribution < 1.29 is 13.7 Å². The quantitative estimate of drug-likeness (QED) is 0.716. The molecule has 0 saturated carbocycles. The van der Waals surface area contributed by atoms with E-state index in [9.17, 15) is 4.39 Å². The molecule has 0 saturated heterocycles. The number of benzene rings is 2. The largest absolute Gasteiger partial charge is 0.497 e. The summed E-state index contributed by atoms with van der Waals surface area (Å²) in [6.45, 7) is 0. The smallest absolute Gasteiger partial charge is 0.167 e. The Morgan fingerprint density at radius 2 is 1.60 bits per heavy atom. The fourth-order valence-electron chi connectivity index (χ4n) is 1.92. The van der Waals surface area contributed by atoms with Gasteiger partial charge in [-0.25, -0.2) is 4.39 Å². The molecule has 0 aliphatic carbocycles. The summed E-state index contributed by atoms with van der Waals surface area (Å²) < 4.78 is 23.3. The third kappa shape index (κ3) is 2.40. The van der Waals surface area contributed by atoms with Crippen LogP contribution in [-0.2, 0) is 0 Å². The molecule has 3 rings (SSSR count). The van der Waals surface area contributed by atoms with Crippen LogP contribution in [0.4, 0.5) is 4.39 Å². The first-order valence-electron chi connectivity index (χ1n) is 6.13. The van der Waals surface area contributed by atoms with Crippen LogP contribution in [0.5, 0.6) is 5.75 Å². The van der Waals surface area contributed by atoms with Gasteiger partial charge in [0.2, 0.25) is 0 Å². The second kappa shape index (κ2) is 5.17. The summed E-state index contributed by atoms with van der Waals surface area (Å²) in [7, 11) is 1.62. The highest BCUT2D eigenvalue weighted by Crippen LogP contribution is 2.27. The molecule has 1 heterocycles. The molecular formula is C16H12FNO2. The van der Waals surface area contributed by atoms with E-state index in [0.717, 1.165) is 16.9 Å². The number of hydrogen-bond acceptors (Lipinski definition) is 3. The van der Waals surface area contributed by atoms with Crippen LogP contribution in [0.3, 0.4) is 0 Å². The molecule has 3 nitrogen and oxygen atoms in total. The highest BCUT2D eigenvalue weighted by Gasteiger charge is 2.08. The molecule has 20 heavy (non-hydrogen) atoms. The molecule has 0 amide bonds. The van der Waals surface area contributed by atoms with Crippen molar-refractivity contribution in [1.29, 1.82) is 0 Å². The Hall–Kier alpha value is -2.62. The summed E-state index contributed by atoms with van der Waals surface area (Å²) in [4.78, 5) is 0. The normalized spacial score (nSPS) is 10.5. The highest BCUT2D eigenvalue weighted by atomic mass is 19.1. The van der Waals surface area contributed by atoms with Gasteiger partial charge in [-0.1, -0.05) is 5.16 Å². The molecular weight excluding hydrogens is 257 g/mol. The van der Waals surface area contributed by atoms with Crippen molar-refractivity contribution in [2.75, 3.05) is 7.11 Å². The minimum absolute atomic E-state index is 0.271. The van der Waals surface area contributed by atoms with E-state index < -0.39 is 0 Å². The van der Waals surface area contributed by atoms with Gasteiger partial charge in [0.15, 0.2) is 5.76 Å². The predicted molar refractivity (Wildman–Crippen MR) is 73.9 cm³/mol. The lowest BCUT2D eigenvalue weighted by Crippen LogP contribution is -1.81. The van der Waals surface area contributed by atoms with Crippen molar-refractivity contribution >= 4 is 0 Å². The molecule has 1 aromatic heterocycles. The third-order valence-electron chi connectivity index (χ3n) is 3.02. The van der Waals surface area contributed by atoms with Gasteiger partial charge in [-0.3, -0.25) is 0 Å². The molecule has 0 N–H and O–H groups in total. The summed E-state index contributed by atoms with van der Waals surface area (Å²) in [5.41, 5.74) is 2.40. The average molecular weight is 269 g/mol. The van der Waals surface area contributed by atoms with E-state index in [1.54, 1.807) is 19.2 Å². The van der Waals surface area contributed by atoms with Crippen LogP contribution in [-0.4, -0.2) is 12.3 Å². The number of aromatic nitrogens is 1. The van der Waals surface area contributed by atoms with E-state index in [4.69, 9.17) is 9.26 Å². The SMILES string of the molecule is COc1ccc(-c2cc(-c3ccc(F)cc3)no2)cc1. The number of methoxy groups -OCH3 is 1. The van der Waals surface area contributed by atoms with Gasteiger partial charge in [0.1, 0.15) is 17.3 Å². The Morgan fingerprint density at radius 3 is 2.25 bits per heavy atom. The first-order valence-corrected chi connectivity index (χ1v) is 6.13. The number of ether oxygens (including phenoxy) is 1. The predicted octanol–water partition coefficient (Wildman–Crippen LogP) is 4.16. The van der Waals surface area contributed by atoms with Crippen molar-refractivity contribution in [2.24, 2.45) is 0 Å². The maximum Gasteiger partial charge on any atom is 0.167 e. The summed E-state index contributed by atoms with van der Waals surface area (Å²) >= 11 is 0. The molecule has 0 spiro atoms. The second-order valence-electron chi connectivity index (χ2n) is 4.31. The highest BCUT2D eigenvalue weighted by molar-refractivity contribution is 5.66. The molecule has 0 aliphatic heterocycles. The number of rotatable bonds is 3. The fraction of sp³-hybridized carbons (Fsp3) is 0.0625. The van der Waals surface area contributed by atoms with E-state index in [1.165, 1.54) is 12.1 Å². The monoisotopic (exact) mass is 269 g/mol. The van der Waals surface area contributed by atoms with Crippen LogP contribution >= 0.6 is 0 Å². The van der Waals surface area contributed by atoms with E-state index in [2.05, 4.69) is 5.16 Å². The van der Waals surface area contributed by atoms with Crippen LogP contribution in [0.25, 0.3) is 22.6 Å². The van der Waals surface area contributed by atoms with Crippen LogP contribution in [0.15, 0.2) is 59.1 Å². The zero-order valence-corrected chi connectivity index (χ0v) is 10.8. The van der Waals surface area contributed by atoms with Gasteiger partial charge < -0.3 is 9.26 Å². The molecule has 4 heteroatoms. The van der Waals surface area contributed by atoms with Gasteiger partial charge in [0.25, 0.3) is 0 Å². The summed E-state index contributed by atoms with van der Waals surface area (Å²) in [5, 5.41) is 4.01. The van der Waals surface area contributed by atoms with Crippen molar-refractivity contribution in [3.63, 3.8) is 0 Å². The molecule has 0 fully saturated rings. The van der Waals surface area contributed by atoms with Crippen LogP contribution in [0.1, 0.15) is 0 Å². The van der Waals surface area contributed by atoms with Gasteiger partial charge in [0, 0.05) is 17.2 Å². The third-order valence-corrected chi connectivity index (χ3v) is 3.02. The van der Waals surface area contributed by atoms with Crippen LogP contribution < -0.4 is 4.74 Å². The van der Waals surface area contributed by atoms with E-state index >= 15 is 0 Å². The molecule has 0 radical (unpaired) electrons. The Kier molecular flexibility index (Phi) is 3.21. The summed E-state index contributed by atoms with van der Waals surface area (Å²) in [6.07, 6.45) is 0. The Bertz CT molecular complexity index is 702. The van der Waals surface area contributed by atoms with E-state index in [-0.39, 0.29) is 5.82 Å². The maximum atomic E-state index is 12.9. The van der Waals surface area contributed by atoms with Crippen LogP contribution in [0, 0.1) is 5.82 Å². The molecule has 0 unspecified atom stereocenters. The van der Waals surface area contributed by atoms with Crippen molar-refractivity contribution in [3.8, 4) is 28.3 Å². The van der Waals surface area contributed by atoms with Crippen molar-refractivity contribution in [1.82, 2.24) is 5.16 Å².